The molecule has 2 atom stereocenters. The van der Waals surface area contributed by atoms with Gasteiger partial charge >= 0.3 is 0 Å². The summed E-state index contributed by atoms with van der Waals surface area (Å²) in [7, 11) is 0. The molecule has 1 aromatic carbocycles. The van der Waals surface area contributed by atoms with E-state index in [4.69, 9.17) is 0 Å². The van der Waals surface area contributed by atoms with Crippen LogP contribution in [-0.4, -0.2) is 38.7 Å². The predicted octanol–water partition coefficient (Wildman–Crippen LogP) is 3.37. The first-order valence-corrected chi connectivity index (χ1v) is 9.10. The molecule has 0 N–H and O–H groups in total. The lowest BCUT2D eigenvalue weighted by atomic mass is 9.75. The van der Waals surface area contributed by atoms with E-state index in [1.165, 1.54) is 37.8 Å². The Hall–Kier alpha value is -2.24. The maximum Gasteiger partial charge on any atom is 0.293 e. The minimum absolute atomic E-state index is 0.0898. The Morgan fingerprint density at radius 3 is 2.60 bits per heavy atom. The number of hydrogen-bond acceptors (Lipinski definition) is 3. The Balaban J connectivity index is 1.53. The van der Waals surface area contributed by atoms with Crippen molar-refractivity contribution >= 4 is 5.91 Å². The molecule has 1 amide bonds. The van der Waals surface area contributed by atoms with E-state index in [9.17, 15) is 9.18 Å². The molecule has 2 aromatic rings. The molecule has 4 rings (SSSR count). The number of aryl methyl sites for hydroxylation is 1. The molecule has 2 aliphatic rings. The van der Waals surface area contributed by atoms with Crippen LogP contribution in [0.2, 0.25) is 0 Å². The number of nitrogens with zero attached hydrogens (tertiary/aromatic N) is 4. The van der Waals surface area contributed by atoms with Crippen molar-refractivity contribution in [1.82, 2.24) is 19.7 Å². The summed E-state index contributed by atoms with van der Waals surface area (Å²) < 4.78 is 14.7. The zero-order chi connectivity index (χ0) is 17.4. The van der Waals surface area contributed by atoms with E-state index in [1.54, 1.807) is 23.7 Å². The SMILES string of the molecule is Cc1nc(C(=O)N2CC[C@H]3CCCC[C@@H]3C2)nn1-c1ccc(F)cc1. The molecule has 2 fully saturated rings. The van der Waals surface area contributed by atoms with Gasteiger partial charge in [0.15, 0.2) is 0 Å². The van der Waals surface area contributed by atoms with Crippen LogP contribution < -0.4 is 0 Å². The first-order chi connectivity index (χ1) is 12.1. The van der Waals surface area contributed by atoms with Gasteiger partial charge in [0.1, 0.15) is 11.6 Å². The van der Waals surface area contributed by atoms with Gasteiger partial charge in [-0.25, -0.2) is 14.1 Å². The summed E-state index contributed by atoms with van der Waals surface area (Å²) in [5.41, 5.74) is 0.705. The number of likely N-dealkylation sites (tertiary alicyclic amines) is 1. The maximum absolute atomic E-state index is 13.1. The zero-order valence-corrected chi connectivity index (χ0v) is 14.5. The fourth-order valence-corrected chi connectivity index (χ4v) is 4.23. The highest BCUT2D eigenvalue weighted by Gasteiger charge is 2.34. The lowest BCUT2D eigenvalue weighted by Gasteiger charge is -2.40. The number of hydrogen-bond donors (Lipinski definition) is 0. The Bertz CT molecular complexity index is 770. The molecular formula is C19H23FN4O. The fraction of sp³-hybridized carbons (Fsp3) is 0.526. The van der Waals surface area contributed by atoms with E-state index < -0.39 is 0 Å². The average molecular weight is 342 g/mol. The number of piperidine rings is 1. The third-order valence-corrected chi connectivity index (χ3v) is 5.61. The van der Waals surface area contributed by atoms with Crippen LogP contribution in [-0.2, 0) is 0 Å². The molecule has 6 heteroatoms. The van der Waals surface area contributed by atoms with Gasteiger partial charge in [-0.05, 0) is 55.9 Å². The van der Waals surface area contributed by atoms with Crippen molar-refractivity contribution < 1.29 is 9.18 Å². The Labute approximate surface area is 146 Å². The molecular weight excluding hydrogens is 319 g/mol. The summed E-state index contributed by atoms with van der Waals surface area (Å²) in [6, 6.07) is 6.04. The first kappa shape index (κ1) is 16.2. The van der Waals surface area contributed by atoms with E-state index >= 15 is 0 Å². The zero-order valence-electron chi connectivity index (χ0n) is 14.5. The van der Waals surface area contributed by atoms with Crippen molar-refractivity contribution in [3.05, 3.63) is 41.7 Å². The maximum atomic E-state index is 13.1. The Morgan fingerprint density at radius 2 is 1.84 bits per heavy atom. The molecule has 1 saturated heterocycles. The van der Waals surface area contributed by atoms with Crippen molar-refractivity contribution in [1.29, 1.82) is 0 Å². The molecule has 0 bridgehead atoms. The van der Waals surface area contributed by atoms with Gasteiger partial charge in [0.25, 0.3) is 5.91 Å². The summed E-state index contributed by atoms with van der Waals surface area (Å²) in [5.74, 6) is 1.88. The minimum atomic E-state index is -0.298. The molecule has 0 unspecified atom stereocenters. The lowest BCUT2D eigenvalue weighted by Crippen LogP contribution is -2.45. The smallest absolute Gasteiger partial charge is 0.293 e. The van der Waals surface area contributed by atoms with Crippen LogP contribution in [0, 0.1) is 24.6 Å². The summed E-state index contributed by atoms with van der Waals surface area (Å²) in [4.78, 5) is 19.1. The Morgan fingerprint density at radius 1 is 1.12 bits per heavy atom. The molecule has 1 saturated carbocycles. The monoisotopic (exact) mass is 342 g/mol. The van der Waals surface area contributed by atoms with Crippen molar-refractivity contribution in [2.24, 2.45) is 11.8 Å². The van der Waals surface area contributed by atoms with Crippen molar-refractivity contribution in [2.45, 2.75) is 39.0 Å². The Kier molecular flexibility index (Phi) is 4.27. The van der Waals surface area contributed by atoms with Crippen LogP contribution >= 0.6 is 0 Å². The van der Waals surface area contributed by atoms with Gasteiger partial charge in [-0.3, -0.25) is 4.79 Å². The van der Waals surface area contributed by atoms with Crippen LogP contribution in [0.25, 0.3) is 5.69 Å². The molecule has 2 heterocycles. The molecule has 1 aliphatic heterocycles. The highest BCUT2D eigenvalue weighted by atomic mass is 19.1. The number of fused-ring (bicyclic) bond motifs is 1. The number of halogens is 1. The standard InChI is InChI=1S/C19H23FN4O/c1-13-21-18(22-24(13)17-8-6-16(20)7-9-17)19(25)23-11-10-14-4-2-3-5-15(14)12-23/h6-9,14-15H,2-5,10-12H2,1H3/t14-,15-/m1/s1. The minimum Gasteiger partial charge on any atom is -0.336 e. The van der Waals surface area contributed by atoms with Crippen molar-refractivity contribution in [3.8, 4) is 5.69 Å². The summed E-state index contributed by atoms with van der Waals surface area (Å²) in [6.07, 6.45) is 6.24. The fourth-order valence-electron chi connectivity index (χ4n) is 4.23. The van der Waals surface area contributed by atoms with Crippen LogP contribution in [0.3, 0.4) is 0 Å². The highest BCUT2D eigenvalue weighted by molar-refractivity contribution is 5.90. The van der Waals surface area contributed by atoms with E-state index in [1.807, 2.05) is 4.90 Å². The largest absolute Gasteiger partial charge is 0.336 e. The third-order valence-electron chi connectivity index (χ3n) is 5.61. The molecule has 0 radical (unpaired) electrons. The highest BCUT2D eigenvalue weighted by Crippen LogP contribution is 2.36. The number of amides is 1. The van der Waals surface area contributed by atoms with Gasteiger partial charge in [0.2, 0.25) is 5.82 Å². The van der Waals surface area contributed by atoms with Crippen LogP contribution in [0.1, 0.15) is 48.5 Å². The number of rotatable bonds is 2. The second kappa shape index (κ2) is 6.58. The molecule has 1 aliphatic carbocycles. The molecule has 1 aromatic heterocycles. The summed E-state index contributed by atoms with van der Waals surface area (Å²) in [5, 5.41) is 4.38. The second-order valence-electron chi connectivity index (χ2n) is 7.22. The van der Waals surface area contributed by atoms with Crippen molar-refractivity contribution in [3.63, 3.8) is 0 Å². The summed E-state index contributed by atoms with van der Waals surface area (Å²) in [6.45, 7) is 3.43. The third kappa shape index (κ3) is 3.17. The van der Waals surface area contributed by atoms with E-state index in [2.05, 4.69) is 10.1 Å². The quantitative estimate of drug-likeness (QED) is 0.841. The number of aromatic nitrogens is 3. The van der Waals surface area contributed by atoms with Gasteiger partial charge in [0.05, 0.1) is 5.69 Å². The average Bonchev–Trinajstić information content (AvgIpc) is 3.03. The van der Waals surface area contributed by atoms with Gasteiger partial charge in [-0.1, -0.05) is 19.3 Å². The number of benzene rings is 1. The molecule has 25 heavy (non-hydrogen) atoms. The summed E-state index contributed by atoms with van der Waals surface area (Å²) >= 11 is 0. The van der Waals surface area contributed by atoms with Crippen molar-refractivity contribution in [2.75, 3.05) is 13.1 Å². The topological polar surface area (TPSA) is 51.0 Å². The van der Waals surface area contributed by atoms with E-state index in [-0.39, 0.29) is 17.5 Å². The van der Waals surface area contributed by atoms with Gasteiger partial charge in [-0.2, -0.15) is 0 Å². The molecule has 132 valence electrons. The predicted molar refractivity (Wildman–Crippen MR) is 92.0 cm³/mol. The van der Waals surface area contributed by atoms with Gasteiger partial charge in [-0.15, -0.1) is 5.10 Å². The second-order valence-corrected chi connectivity index (χ2v) is 7.22. The van der Waals surface area contributed by atoms with E-state index in [0.717, 1.165) is 25.4 Å². The lowest BCUT2D eigenvalue weighted by molar-refractivity contribution is 0.0510. The van der Waals surface area contributed by atoms with Crippen LogP contribution in [0.5, 0.6) is 0 Å². The number of carbonyl (C=O) groups is 1. The van der Waals surface area contributed by atoms with E-state index in [0.29, 0.717) is 17.4 Å². The van der Waals surface area contributed by atoms with Gasteiger partial charge < -0.3 is 4.90 Å². The number of carbonyl (C=O) groups excluding carboxylic acids is 1. The first-order valence-electron chi connectivity index (χ1n) is 9.10. The van der Waals surface area contributed by atoms with Gasteiger partial charge in [0, 0.05) is 13.1 Å². The van der Waals surface area contributed by atoms with Crippen LogP contribution in [0.15, 0.2) is 24.3 Å². The normalized spacial score (nSPS) is 23.4. The molecule has 0 spiro atoms. The molecule has 5 nitrogen and oxygen atoms in total. The van der Waals surface area contributed by atoms with Crippen LogP contribution in [0.4, 0.5) is 4.39 Å².